The molecule has 1 saturated heterocycles. The number of piperazine rings is 1. The molecule has 8 rings (SSSR count). The molecule has 0 bridgehead atoms. The largest absolute Gasteiger partial charge is 0.501 e. The molecule has 16 nitrogen and oxygen atoms in total. The number of alkyl halides is 6. The molecule has 4 heterocycles. The average molecular weight is 1150 g/mol. The van der Waals surface area contributed by atoms with Crippen LogP contribution >= 0.6 is 69.2 Å². The number of rotatable bonds is 16. The molecule has 2 aliphatic rings. The Balaban J connectivity index is 0.959. The number of para-hydroxylation sites is 1. The summed E-state index contributed by atoms with van der Waals surface area (Å²) in [4.78, 5) is 52.2. The maximum atomic E-state index is 14.3. The van der Waals surface area contributed by atoms with Gasteiger partial charge in [0.25, 0.3) is 31.7 Å². The molecule has 3 N–H and O–H groups in total. The first-order chi connectivity index (χ1) is 34.1. The zero-order valence-corrected chi connectivity index (χ0v) is 43.8. The van der Waals surface area contributed by atoms with Crippen molar-refractivity contribution >= 4 is 133 Å². The average Bonchev–Trinajstić information content (AvgIpc) is 4.01. The Kier molecular flexibility index (Phi) is 16.5. The third kappa shape index (κ3) is 13.1. The lowest BCUT2D eigenvalue weighted by Crippen LogP contribution is -2.49. The molecule has 3 amide bonds. The number of fused-ring (bicyclic) bond motifs is 2. The number of sulfonamides is 1. The lowest BCUT2D eigenvalue weighted by molar-refractivity contribution is -0.0436. The third-order valence-corrected chi connectivity index (χ3v) is 17.7. The number of thioether (sulfide) groups is 1. The summed E-state index contributed by atoms with van der Waals surface area (Å²) in [5, 5.41) is 7.90. The van der Waals surface area contributed by atoms with E-state index in [4.69, 9.17) is 39.5 Å². The molecule has 1 fully saturated rings. The first-order valence-corrected chi connectivity index (χ1v) is 28.6. The van der Waals surface area contributed by atoms with Gasteiger partial charge < -0.3 is 19.9 Å². The van der Waals surface area contributed by atoms with Crippen molar-refractivity contribution in [1.29, 1.82) is 0 Å². The second kappa shape index (κ2) is 22.3. The first kappa shape index (κ1) is 53.4. The van der Waals surface area contributed by atoms with Gasteiger partial charge in [-0.25, -0.2) is 36.3 Å². The number of anilines is 3. The molecule has 2 aliphatic heterocycles. The molecule has 0 aliphatic carbocycles. The predicted octanol–water partition coefficient (Wildman–Crippen LogP) is 9.07. The van der Waals surface area contributed by atoms with Crippen molar-refractivity contribution in [3.63, 3.8) is 0 Å². The van der Waals surface area contributed by atoms with E-state index in [1.54, 1.807) is 24.3 Å². The molecule has 0 saturated carbocycles. The maximum absolute atomic E-state index is 14.3. The number of hydrogen-bond acceptors (Lipinski definition) is 16. The summed E-state index contributed by atoms with van der Waals surface area (Å²) in [6.45, 7) is 1.93. The van der Waals surface area contributed by atoms with Crippen LogP contribution in [-0.2, 0) is 37.6 Å². The van der Waals surface area contributed by atoms with Crippen LogP contribution in [0, 0.1) is 0 Å². The molecular weight excluding hydrogens is 1100 g/mol. The van der Waals surface area contributed by atoms with Crippen molar-refractivity contribution in [1.82, 2.24) is 24.5 Å². The van der Waals surface area contributed by atoms with E-state index >= 15 is 0 Å². The van der Waals surface area contributed by atoms with Crippen LogP contribution in [0.15, 0.2) is 111 Å². The minimum absolute atomic E-state index is 0.227. The molecule has 6 aromatic rings. The van der Waals surface area contributed by atoms with E-state index in [1.807, 2.05) is 63.1 Å². The van der Waals surface area contributed by atoms with Crippen LogP contribution in [0.3, 0.4) is 0 Å². The highest BCUT2D eigenvalue weighted by Crippen LogP contribution is 2.37. The normalized spacial score (nSPS) is 15.2. The van der Waals surface area contributed by atoms with Crippen LogP contribution in [-0.4, -0.2) is 121 Å². The number of benzene rings is 4. The van der Waals surface area contributed by atoms with Crippen molar-refractivity contribution in [2.24, 2.45) is 0 Å². The molecule has 382 valence electrons. The standard InChI is InChI=1S/C45H42Cl3F3N8O8S5/c46-44(47,48)27-67-43(62)58-21-19-57(20-22-58)17-16-29(25-68-30-8-2-1-3-9-30)52-35-14-13-31(23-38(35)71(63,64)45(49,50)51)72(65,66)56-40(61)36-26-69-42(54-36)59-18-15-28-7-6-10-32(33(28)24-59)39(60)55-41-53-34-11-4-5-12-37(34)70-41/h1-14,23,26,29,52H,15-22,24-25,27H2,(H,56,61)(H,53,55,60)/t29-/m1/s1. The monoisotopic (exact) mass is 1140 g/mol. The van der Waals surface area contributed by atoms with Gasteiger partial charge in [0.15, 0.2) is 10.3 Å². The molecule has 0 spiro atoms. The number of nitrogens with one attached hydrogen (secondary N) is 3. The highest BCUT2D eigenvalue weighted by Gasteiger charge is 2.48. The van der Waals surface area contributed by atoms with Crippen molar-refractivity contribution < 1.29 is 49.1 Å². The smallest absolute Gasteiger partial charge is 0.445 e. The summed E-state index contributed by atoms with van der Waals surface area (Å²) >= 11 is 20.8. The lowest BCUT2D eigenvalue weighted by Gasteiger charge is -2.35. The molecule has 27 heteroatoms. The fraction of sp³-hybridized carbons (Fsp3) is 0.311. The van der Waals surface area contributed by atoms with Crippen LogP contribution in [0.5, 0.6) is 0 Å². The Labute approximate surface area is 439 Å². The molecule has 4 aromatic carbocycles. The minimum Gasteiger partial charge on any atom is -0.445 e. The number of thiazole rings is 2. The van der Waals surface area contributed by atoms with Gasteiger partial charge in [0.1, 0.15) is 17.2 Å². The van der Waals surface area contributed by atoms with E-state index in [0.717, 1.165) is 49.7 Å². The number of ether oxygens (including phenoxy) is 1. The third-order valence-electron chi connectivity index (χ3n) is 11.4. The number of hydrogen-bond donors (Lipinski definition) is 3. The van der Waals surface area contributed by atoms with Gasteiger partial charge in [0.05, 0.1) is 20.8 Å². The lowest BCUT2D eigenvalue weighted by atomic mass is 9.94. The number of amides is 3. The maximum Gasteiger partial charge on any atom is 0.501 e. The van der Waals surface area contributed by atoms with Gasteiger partial charge in [-0.05, 0) is 72.5 Å². The van der Waals surface area contributed by atoms with Crippen molar-refractivity contribution in [2.45, 2.75) is 49.4 Å². The van der Waals surface area contributed by atoms with E-state index < -0.39 is 69.3 Å². The SMILES string of the molecule is O=C(NS(=O)(=O)c1ccc(N[C@H](CCN2CCN(C(=O)OCC(Cl)(Cl)Cl)CC2)CSc2ccccc2)c(S(=O)(=O)C(F)(F)F)c1)c1csc(N2CCc3cccc(C(=O)Nc4nc5ccccc5s4)c3C2)n1. The van der Waals surface area contributed by atoms with Crippen LogP contribution in [0.1, 0.15) is 38.4 Å². The van der Waals surface area contributed by atoms with Gasteiger partial charge in [-0.15, -0.1) is 23.1 Å². The topological polar surface area (TPSA) is 200 Å². The van der Waals surface area contributed by atoms with E-state index in [1.165, 1.54) is 33.4 Å². The molecule has 0 radical (unpaired) electrons. The Morgan fingerprint density at radius 3 is 2.32 bits per heavy atom. The Hall–Kier alpha value is -4.92. The summed E-state index contributed by atoms with van der Waals surface area (Å²) in [6.07, 6.45) is 0.133. The van der Waals surface area contributed by atoms with Gasteiger partial charge >= 0.3 is 11.6 Å². The molecule has 1 atom stereocenters. The molecule has 2 aromatic heterocycles. The number of carbonyl (C=O) groups is 3. The van der Waals surface area contributed by atoms with Crippen molar-refractivity contribution in [3.8, 4) is 0 Å². The zero-order chi connectivity index (χ0) is 51.4. The van der Waals surface area contributed by atoms with E-state index in [0.29, 0.717) is 54.5 Å². The second-order valence-corrected chi connectivity index (χ2v) is 25.4. The van der Waals surface area contributed by atoms with Gasteiger partial charge in [-0.3, -0.25) is 19.8 Å². The fourth-order valence-corrected chi connectivity index (χ4v) is 12.6. The van der Waals surface area contributed by atoms with Gasteiger partial charge in [0, 0.05) is 73.4 Å². The van der Waals surface area contributed by atoms with Crippen LogP contribution in [0.4, 0.5) is 33.9 Å². The summed E-state index contributed by atoms with van der Waals surface area (Å²) < 4.78 is 103. The van der Waals surface area contributed by atoms with Crippen LogP contribution in [0.2, 0.25) is 0 Å². The Bertz CT molecular complexity index is 3160. The first-order valence-electron chi connectivity index (χ1n) is 21.8. The predicted molar refractivity (Wildman–Crippen MR) is 274 cm³/mol. The van der Waals surface area contributed by atoms with E-state index in [2.05, 4.69) is 20.6 Å². The van der Waals surface area contributed by atoms with Gasteiger partial charge in [0.2, 0.25) is 3.79 Å². The number of nitrogens with zero attached hydrogens (tertiary/aromatic N) is 5. The zero-order valence-electron chi connectivity index (χ0n) is 37.4. The van der Waals surface area contributed by atoms with E-state index in [-0.39, 0.29) is 43.4 Å². The molecular formula is C45H42Cl3F3N8O8S5. The number of halogens is 6. The Morgan fingerprint density at radius 2 is 1.60 bits per heavy atom. The minimum atomic E-state index is -6.18. The Morgan fingerprint density at radius 1 is 0.861 bits per heavy atom. The number of carbonyl (C=O) groups excluding carboxylic acids is 3. The second-order valence-electron chi connectivity index (χ2n) is 16.4. The number of sulfone groups is 1. The fourth-order valence-electron chi connectivity index (χ4n) is 7.79. The summed E-state index contributed by atoms with van der Waals surface area (Å²) in [5.41, 5.74) is -3.85. The van der Waals surface area contributed by atoms with E-state index in [9.17, 15) is 44.4 Å². The number of aromatic nitrogens is 2. The molecule has 0 unspecified atom stereocenters. The van der Waals surface area contributed by atoms with Crippen molar-refractivity contribution in [2.75, 3.05) is 67.2 Å². The van der Waals surface area contributed by atoms with Gasteiger partial charge in [-0.1, -0.05) is 88.6 Å². The summed E-state index contributed by atoms with van der Waals surface area (Å²) in [7, 11) is -11.2. The quantitative estimate of drug-likeness (QED) is 0.0612. The summed E-state index contributed by atoms with van der Waals surface area (Å²) in [5.74, 6) is -1.33. The molecule has 72 heavy (non-hydrogen) atoms. The van der Waals surface area contributed by atoms with Crippen molar-refractivity contribution in [3.05, 3.63) is 119 Å². The van der Waals surface area contributed by atoms with Gasteiger partial charge in [-0.2, -0.15) is 13.2 Å². The highest BCUT2D eigenvalue weighted by molar-refractivity contribution is 7.99. The highest BCUT2D eigenvalue weighted by atomic mass is 35.6. The summed E-state index contributed by atoms with van der Waals surface area (Å²) in [6, 6.07) is 23.5. The van der Waals surface area contributed by atoms with Crippen LogP contribution in [0.25, 0.3) is 10.2 Å². The van der Waals surface area contributed by atoms with Crippen LogP contribution < -0.4 is 20.3 Å².